The lowest BCUT2D eigenvalue weighted by Gasteiger charge is -2.09. The summed E-state index contributed by atoms with van der Waals surface area (Å²) >= 11 is 5.87. The summed E-state index contributed by atoms with van der Waals surface area (Å²) in [6, 6.07) is 24.3. The number of hydrogen-bond acceptors (Lipinski definition) is 4. The highest BCUT2D eigenvalue weighted by molar-refractivity contribution is 6.30. The van der Waals surface area contributed by atoms with E-state index in [2.05, 4.69) is 15.8 Å². The molecule has 164 valence electrons. The zero-order valence-corrected chi connectivity index (χ0v) is 18.4. The van der Waals surface area contributed by atoms with Crippen LogP contribution in [0.4, 0.5) is 5.69 Å². The SMILES string of the molecule is C/C(=N/NC(=O)c1cc2ccccc2cc1O)c1cccc(NC(=O)c2ccc(Cl)cc2)c1. The molecule has 33 heavy (non-hydrogen) atoms. The maximum atomic E-state index is 12.6. The number of aromatic hydroxyl groups is 1. The number of halogens is 1. The van der Waals surface area contributed by atoms with E-state index in [-0.39, 0.29) is 17.2 Å². The number of phenolic OH excluding ortho intramolecular Hbond substituents is 1. The zero-order valence-electron chi connectivity index (χ0n) is 17.7. The van der Waals surface area contributed by atoms with Gasteiger partial charge in [0.25, 0.3) is 11.8 Å². The molecule has 4 aromatic carbocycles. The summed E-state index contributed by atoms with van der Waals surface area (Å²) in [6.07, 6.45) is 0. The molecule has 0 aromatic heterocycles. The Bertz CT molecular complexity index is 1380. The van der Waals surface area contributed by atoms with Gasteiger partial charge in [-0.15, -0.1) is 0 Å². The molecule has 0 saturated heterocycles. The number of amides is 2. The number of nitrogens with zero attached hydrogens (tertiary/aromatic N) is 1. The minimum atomic E-state index is -0.523. The van der Waals surface area contributed by atoms with E-state index in [9.17, 15) is 14.7 Å². The number of phenols is 1. The van der Waals surface area contributed by atoms with Crippen molar-refractivity contribution < 1.29 is 14.7 Å². The van der Waals surface area contributed by atoms with Crippen molar-refractivity contribution in [1.82, 2.24) is 5.43 Å². The number of hydrazone groups is 1. The van der Waals surface area contributed by atoms with E-state index in [1.807, 2.05) is 30.3 Å². The van der Waals surface area contributed by atoms with Crippen LogP contribution in [0.1, 0.15) is 33.2 Å². The maximum absolute atomic E-state index is 12.6. The fourth-order valence-electron chi connectivity index (χ4n) is 3.30. The van der Waals surface area contributed by atoms with Crippen LogP contribution < -0.4 is 10.7 Å². The molecular weight excluding hydrogens is 438 g/mol. The van der Waals surface area contributed by atoms with Gasteiger partial charge in [0.1, 0.15) is 5.75 Å². The number of fused-ring (bicyclic) bond motifs is 1. The third-order valence-corrected chi connectivity index (χ3v) is 5.33. The molecule has 0 spiro atoms. The summed E-state index contributed by atoms with van der Waals surface area (Å²) in [4.78, 5) is 25.0. The smallest absolute Gasteiger partial charge is 0.275 e. The molecule has 6 nitrogen and oxygen atoms in total. The number of benzene rings is 4. The lowest BCUT2D eigenvalue weighted by molar-refractivity contribution is 0.0951. The molecule has 0 atom stereocenters. The van der Waals surface area contributed by atoms with E-state index in [1.165, 1.54) is 0 Å². The van der Waals surface area contributed by atoms with Crippen LogP contribution in [0.3, 0.4) is 0 Å². The van der Waals surface area contributed by atoms with Gasteiger partial charge in [-0.1, -0.05) is 48.0 Å². The van der Waals surface area contributed by atoms with Crippen molar-refractivity contribution in [2.45, 2.75) is 6.92 Å². The van der Waals surface area contributed by atoms with Gasteiger partial charge in [0, 0.05) is 16.3 Å². The van der Waals surface area contributed by atoms with Crippen LogP contribution in [0.5, 0.6) is 5.75 Å². The molecule has 0 fully saturated rings. The lowest BCUT2D eigenvalue weighted by atomic mass is 10.1. The van der Waals surface area contributed by atoms with Crippen molar-refractivity contribution in [2.24, 2.45) is 5.10 Å². The monoisotopic (exact) mass is 457 g/mol. The first-order valence-corrected chi connectivity index (χ1v) is 10.5. The fraction of sp³-hybridized carbons (Fsp3) is 0.0385. The van der Waals surface area contributed by atoms with E-state index < -0.39 is 5.91 Å². The molecule has 0 aliphatic heterocycles. The number of hydrogen-bond donors (Lipinski definition) is 3. The molecule has 4 rings (SSSR count). The predicted octanol–water partition coefficient (Wildman–Crippen LogP) is 5.61. The standard InChI is InChI=1S/C26H20ClN3O3/c1-16(29-30-26(33)23-14-19-5-2-3-6-20(19)15-24(23)31)18-7-4-8-22(13-18)28-25(32)17-9-11-21(27)12-10-17/h2-15,31H,1H3,(H,28,32)(H,30,33)/b29-16-. The molecule has 7 heteroatoms. The first-order valence-electron chi connectivity index (χ1n) is 10.1. The summed E-state index contributed by atoms with van der Waals surface area (Å²) in [5, 5.41) is 19.5. The second-order valence-corrected chi connectivity index (χ2v) is 7.83. The van der Waals surface area contributed by atoms with Crippen LogP contribution in [0, 0.1) is 0 Å². The molecule has 0 bridgehead atoms. The number of carbonyl (C=O) groups is 2. The summed E-state index contributed by atoms with van der Waals surface area (Å²) in [5.41, 5.74) is 4.93. The fourth-order valence-corrected chi connectivity index (χ4v) is 3.42. The molecule has 2 amide bonds. The van der Waals surface area contributed by atoms with Gasteiger partial charge in [-0.3, -0.25) is 9.59 Å². The van der Waals surface area contributed by atoms with E-state index in [4.69, 9.17) is 11.6 Å². The molecule has 3 N–H and O–H groups in total. The second-order valence-electron chi connectivity index (χ2n) is 7.40. The average Bonchev–Trinajstić information content (AvgIpc) is 2.82. The van der Waals surface area contributed by atoms with Crippen LogP contribution in [-0.2, 0) is 0 Å². The Balaban J connectivity index is 1.48. The molecule has 0 unspecified atom stereocenters. The van der Waals surface area contributed by atoms with Crippen molar-refractivity contribution >= 4 is 45.6 Å². The number of carbonyl (C=O) groups excluding carboxylic acids is 2. The third-order valence-electron chi connectivity index (χ3n) is 5.08. The minimum absolute atomic E-state index is 0.119. The molecule has 4 aromatic rings. The third kappa shape index (κ3) is 5.19. The summed E-state index contributed by atoms with van der Waals surface area (Å²) in [6.45, 7) is 1.74. The van der Waals surface area contributed by atoms with Crippen LogP contribution in [0.25, 0.3) is 10.8 Å². The van der Waals surface area contributed by atoms with Gasteiger partial charge in [-0.25, -0.2) is 5.43 Å². The van der Waals surface area contributed by atoms with Gasteiger partial charge in [0.15, 0.2) is 0 Å². The van der Waals surface area contributed by atoms with E-state index >= 15 is 0 Å². The number of rotatable bonds is 5. The molecule has 0 aliphatic rings. The Morgan fingerprint density at radius 2 is 1.52 bits per heavy atom. The molecule has 0 saturated carbocycles. The highest BCUT2D eigenvalue weighted by Crippen LogP contribution is 2.25. The van der Waals surface area contributed by atoms with Crippen molar-refractivity contribution in [1.29, 1.82) is 0 Å². The maximum Gasteiger partial charge on any atom is 0.275 e. The second kappa shape index (κ2) is 9.54. The Morgan fingerprint density at radius 1 is 0.818 bits per heavy atom. The van der Waals surface area contributed by atoms with E-state index in [0.29, 0.717) is 27.5 Å². The highest BCUT2D eigenvalue weighted by Gasteiger charge is 2.12. The first-order chi connectivity index (χ1) is 15.9. The van der Waals surface area contributed by atoms with Crippen LogP contribution in [0.2, 0.25) is 5.02 Å². The van der Waals surface area contributed by atoms with Gasteiger partial charge < -0.3 is 10.4 Å². The predicted molar refractivity (Wildman–Crippen MR) is 131 cm³/mol. The molecule has 0 aliphatic carbocycles. The van der Waals surface area contributed by atoms with Gasteiger partial charge in [0.2, 0.25) is 0 Å². The first kappa shape index (κ1) is 22.0. The highest BCUT2D eigenvalue weighted by atomic mass is 35.5. The van der Waals surface area contributed by atoms with Gasteiger partial charge in [0.05, 0.1) is 11.3 Å². The Hall–Kier alpha value is -4.16. The van der Waals surface area contributed by atoms with Gasteiger partial charge >= 0.3 is 0 Å². The minimum Gasteiger partial charge on any atom is -0.507 e. The topological polar surface area (TPSA) is 90.8 Å². The Kier molecular flexibility index (Phi) is 6.38. The number of nitrogens with one attached hydrogen (secondary N) is 2. The molecular formula is C26H20ClN3O3. The van der Waals surface area contributed by atoms with Crippen molar-refractivity contribution in [3.63, 3.8) is 0 Å². The zero-order chi connectivity index (χ0) is 23.4. The Labute approximate surface area is 195 Å². The van der Waals surface area contributed by atoms with Crippen LogP contribution in [-0.4, -0.2) is 22.6 Å². The van der Waals surface area contributed by atoms with Crippen molar-refractivity contribution in [2.75, 3.05) is 5.32 Å². The largest absolute Gasteiger partial charge is 0.507 e. The summed E-state index contributed by atoms with van der Waals surface area (Å²) < 4.78 is 0. The van der Waals surface area contributed by atoms with Crippen LogP contribution >= 0.6 is 11.6 Å². The quantitative estimate of drug-likeness (QED) is 0.269. The van der Waals surface area contributed by atoms with Gasteiger partial charge in [-0.05, 0) is 71.8 Å². The molecule has 0 heterocycles. The Morgan fingerprint density at radius 3 is 2.24 bits per heavy atom. The number of anilines is 1. The lowest BCUT2D eigenvalue weighted by Crippen LogP contribution is -2.19. The van der Waals surface area contributed by atoms with Crippen LogP contribution in [0.15, 0.2) is 90.0 Å². The normalized spacial score (nSPS) is 11.3. The molecule has 0 radical (unpaired) electrons. The van der Waals surface area contributed by atoms with E-state index in [1.54, 1.807) is 61.5 Å². The van der Waals surface area contributed by atoms with Crippen molar-refractivity contribution in [3.05, 3.63) is 107 Å². The summed E-state index contributed by atoms with van der Waals surface area (Å²) in [7, 11) is 0. The van der Waals surface area contributed by atoms with Crippen molar-refractivity contribution in [3.8, 4) is 5.75 Å². The van der Waals surface area contributed by atoms with Gasteiger partial charge in [-0.2, -0.15) is 5.10 Å². The van der Waals surface area contributed by atoms with E-state index in [0.717, 1.165) is 10.8 Å². The average molecular weight is 458 g/mol. The summed E-state index contributed by atoms with van der Waals surface area (Å²) in [5.74, 6) is -0.908.